The molecule has 2 N–H and O–H groups in total. The first-order valence-corrected chi connectivity index (χ1v) is 5.47. The highest BCUT2D eigenvalue weighted by Crippen LogP contribution is 2.56. The van der Waals surface area contributed by atoms with Gasteiger partial charge in [0.05, 0.1) is 0 Å². The van der Waals surface area contributed by atoms with E-state index < -0.39 is 20.4 Å². The minimum atomic E-state index is -4.32. The SMILES string of the molecule is O=[P+](O)OP(=O)(O)C(Cl)Cl. The van der Waals surface area contributed by atoms with Crippen LogP contribution in [0.15, 0.2) is 0 Å². The molecule has 0 aliphatic rings. The van der Waals surface area contributed by atoms with Gasteiger partial charge in [0.25, 0.3) is 0 Å². The van der Waals surface area contributed by atoms with Gasteiger partial charge in [0.1, 0.15) is 0 Å². The molecule has 10 heavy (non-hydrogen) atoms. The van der Waals surface area contributed by atoms with Gasteiger partial charge >= 0.3 is 15.9 Å². The fourth-order valence-electron chi connectivity index (χ4n) is 0.136. The lowest BCUT2D eigenvalue weighted by Gasteiger charge is -2.00. The monoisotopic (exact) mass is 227 g/mol. The maximum atomic E-state index is 10.4. The van der Waals surface area contributed by atoms with E-state index in [1.54, 1.807) is 0 Å². The molecule has 0 rings (SSSR count). The molecule has 0 radical (unpaired) electrons. The fraction of sp³-hybridized carbons (Fsp3) is 1.00. The van der Waals surface area contributed by atoms with E-state index >= 15 is 0 Å². The van der Waals surface area contributed by atoms with Gasteiger partial charge in [-0.1, -0.05) is 23.2 Å². The lowest BCUT2D eigenvalue weighted by molar-refractivity contribution is 0.352. The molecule has 2 unspecified atom stereocenters. The van der Waals surface area contributed by atoms with Gasteiger partial charge in [0.15, 0.2) is 0 Å². The first kappa shape index (κ1) is 10.8. The van der Waals surface area contributed by atoms with Crippen molar-refractivity contribution in [2.45, 2.75) is 4.58 Å². The number of rotatable bonds is 3. The van der Waals surface area contributed by atoms with Gasteiger partial charge in [-0.05, 0) is 4.31 Å². The number of hydrogen-bond acceptors (Lipinski definition) is 3. The molecule has 0 aromatic carbocycles. The Hall–Kier alpha value is 0.790. The second-order valence-electron chi connectivity index (χ2n) is 1.16. The van der Waals surface area contributed by atoms with Crippen LogP contribution >= 0.6 is 39.1 Å². The van der Waals surface area contributed by atoms with Crippen LogP contribution in [0.1, 0.15) is 0 Å². The second-order valence-corrected chi connectivity index (χ2v) is 5.64. The number of hydrogen-bond donors (Lipinski definition) is 2. The highest BCUT2D eigenvalue weighted by Gasteiger charge is 2.39. The van der Waals surface area contributed by atoms with Crippen LogP contribution in [0.2, 0.25) is 0 Å². The van der Waals surface area contributed by atoms with Crippen molar-refractivity contribution in [2.75, 3.05) is 0 Å². The van der Waals surface area contributed by atoms with Gasteiger partial charge < -0.3 is 4.89 Å². The maximum absolute atomic E-state index is 10.4. The normalized spacial score (nSPS) is 18.7. The van der Waals surface area contributed by atoms with Gasteiger partial charge in [-0.3, -0.25) is 4.57 Å². The summed E-state index contributed by atoms with van der Waals surface area (Å²) >= 11 is 9.80. The molecule has 0 bridgehead atoms. The first-order chi connectivity index (χ1) is 4.36. The summed E-state index contributed by atoms with van der Waals surface area (Å²) in [6.45, 7) is 0. The van der Waals surface area contributed by atoms with Crippen molar-refractivity contribution in [1.82, 2.24) is 0 Å². The molecule has 60 valence electrons. The van der Waals surface area contributed by atoms with Gasteiger partial charge in [-0.15, -0.1) is 4.89 Å². The predicted molar refractivity (Wildman–Crippen MR) is 36.2 cm³/mol. The minimum absolute atomic E-state index is 1.71. The molecule has 0 heterocycles. The quantitative estimate of drug-likeness (QED) is 0.565. The van der Waals surface area contributed by atoms with E-state index in [4.69, 9.17) is 33.0 Å². The van der Waals surface area contributed by atoms with Gasteiger partial charge in [-0.2, -0.15) is 0 Å². The first-order valence-electron chi connectivity index (χ1n) is 1.82. The summed E-state index contributed by atoms with van der Waals surface area (Å²) in [6.07, 6.45) is 0. The molecular weight excluding hydrogens is 225 g/mol. The van der Waals surface area contributed by atoms with Crippen LogP contribution in [0, 0.1) is 0 Å². The fourth-order valence-corrected chi connectivity index (χ4v) is 1.86. The molecule has 0 saturated heterocycles. The molecule has 9 heteroatoms. The lowest BCUT2D eigenvalue weighted by Crippen LogP contribution is -1.90. The van der Waals surface area contributed by atoms with Crippen molar-refractivity contribution in [2.24, 2.45) is 0 Å². The zero-order valence-corrected chi connectivity index (χ0v) is 7.65. The minimum Gasteiger partial charge on any atom is -0.320 e. The molecule has 0 aliphatic heterocycles. The molecule has 0 saturated carbocycles. The van der Waals surface area contributed by atoms with Crippen LogP contribution in [-0.4, -0.2) is 14.4 Å². The topological polar surface area (TPSA) is 83.8 Å². The Labute approximate surface area is 67.4 Å². The zero-order valence-electron chi connectivity index (χ0n) is 4.35. The van der Waals surface area contributed by atoms with Gasteiger partial charge in [-0.25, -0.2) is 0 Å². The van der Waals surface area contributed by atoms with Crippen LogP contribution in [0.4, 0.5) is 0 Å². The molecule has 5 nitrogen and oxygen atoms in total. The molecule has 2 atom stereocenters. The Morgan fingerprint density at radius 1 is 1.60 bits per heavy atom. The summed E-state index contributed by atoms with van der Waals surface area (Å²) in [4.78, 5) is 16.5. The highest BCUT2D eigenvalue weighted by molar-refractivity contribution is 7.63. The Morgan fingerprint density at radius 3 is 2.10 bits per heavy atom. The standard InChI is InChI=1S/CH2Cl2O5P2/c2-1(3)10(6,7)8-9(4)5/h1H,(H-,4,5,6,7)/p+1. The molecule has 0 aliphatic carbocycles. The number of alkyl halides is 2. The van der Waals surface area contributed by atoms with Crippen molar-refractivity contribution >= 4 is 39.1 Å². The Bertz CT molecular complexity index is 178. The molecule has 0 fully saturated rings. The van der Waals surface area contributed by atoms with E-state index in [0.29, 0.717) is 0 Å². The van der Waals surface area contributed by atoms with E-state index in [2.05, 4.69) is 4.31 Å². The average molecular weight is 228 g/mol. The largest absolute Gasteiger partial charge is 0.703 e. The average Bonchev–Trinajstić information content (AvgIpc) is 1.60. The van der Waals surface area contributed by atoms with Crippen LogP contribution in [0.5, 0.6) is 0 Å². The summed E-state index contributed by atoms with van der Waals surface area (Å²) in [5, 5.41) is 0. The second kappa shape index (κ2) is 3.98. The summed E-state index contributed by atoms with van der Waals surface area (Å²) < 4.78 is 22.1. The predicted octanol–water partition coefficient (Wildman–Crippen LogP) is 1.60. The Kier molecular flexibility index (Phi) is 4.29. The molecule has 0 amide bonds. The Morgan fingerprint density at radius 2 is 2.00 bits per heavy atom. The van der Waals surface area contributed by atoms with E-state index in [9.17, 15) is 9.13 Å². The van der Waals surface area contributed by atoms with Crippen LogP contribution in [-0.2, 0) is 13.4 Å². The third kappa shape index (κ3) is 3.84. The van der Waals surface area contributed by atoms with Crippen molar-refractivity contribution in [1.29, 1.82) is 0 Å². The van der Waals surface area contributed by atoms with E-state index in [-0.39, 0.29) is 0 Å². The van der Waals surface area contributed by atoms with Gasteiger partial charge in [0, 0.05) is 4.57 Å². The number of halogens is 2. The lowest BCUT2D eigenvalue weighted by atomic mass is 11.9. The van der Waals surface area contributed by atoms with Gasteiger partial charge in [0.2, 0.25) is 4.58 Å². The maximum Gasteiger partial charge on any atom is 0.703 e. The van der Waals surface area contributed by atoms with E-state index in [1.807, 2.05) is 0 Å². The highest BCUT2D eigenvalue weighted by atomic mass is 35.5. The van der Waals surface area contributed by atoms with Crippen molar-refractivity contribution in [3.63, 3.8) is 0 Å². The summed E-state index contributed by atoms with van der Waals surface area (Å²) in [5.74, 6) is 0. The van der Waals surface area contributed by atoms with Crippen LogP contribution < -0.4 is 0 Å². The molecule has 0 aromatic rings. The zero-order chi connectivity index (χ0) is 8.36. The molecular formula is CH3Cl2O5P2+. The molecule has 0 aromatic heterocycles. The summed E-state index contributed by atoms with van der Waals surface area (Å²) in [7, 11) is -7.48. The Balaban J connectivity index is 4.14. The van der Waals surface area contributed by atoms with E-state index in [1.165, 1.54) is 0 Å². The third-order valence-electron chi connectivity index (χ3n) is 0.433. The van der Waals surface area contributed by atoms with Crippen LogP contribution in [0.25, 0.3) is 0 Å². The third-order valence-corrected chi connectivity index (χ3v) is 3.90. The smallest absolute Gasteiger partial charge is 0.320 e. The molecule has 0 spiro atoms. The van der Waals surface area contributed by atoms with Crippen molar-refractivity contribution < 1.29 is 23.2 Å². The van der Waals surface area contributed by atoms with Crippen molar-refractivity contribution in [3.8, 4) is 0 Å². The summed E-state index contributed by atoms with van der Waals surface area (Å²) in [5.41, 5.74) is 0. The van der Waals surface area contributed by atoms with Crippen molar-refractivity contribution in [3.05, 3.63) is 0 Å². The van der Waals surface area contributed by atoms with E-state index in [0.717, 1.165) is 0 Å². The summed E-state index contributed by atoms with van der Waals surface area (Å²) in [6, 6.07) is 0. The van der Waals surface area contributed by atoms with Crippen LogP contribution in [0.3, 0.4) is 0 Å².